The number of rotatable bonds is 4. The molecule has 0 aromatic heterocycles. The topological polar surface area (TPSA) is 95.9 Å². The fourth-order valence-electron chi connectivity index (χ4n) is 2.57. The molecular weight excluding hydrogens is 355 g/mol. The first kappa shape index (κ1) is 18.1. The van der Waals surface area contributed by atoms with Crippen molar-refractivity contribution >= 4 is 23.9 Å². The summed E-state index contributed by atoms with van der Waals surface area (Å²) >= 11 is 0. The maximum atomic E-state index is 13.0. The zero-order valence-corrected chi connectivity index (χ0v) is 14.2. The maximum Gasteiger partial charge on any atom is 0.331 e. The van der Waals surface area contributed by atoms with Crippen LogP contribution in [0.2, 0.25) is 0 Å². The second kappa shape index (κ2) is 7.28. The van der Waals surface area contributed by atoms with Gasteiger partial charge in [0.1, 0.15) is 11.4 Å². The molecule has 138 valence electrons. The summed E-state index contributed by atoms with van der Waals surface area (Å²) in [5, 5.41) is 11.9. The first-order chi connectivity index (χ1) is 12.9. The van der Waals surface area contributed by atoms with Gasteiger partial charge in [0.25, 0.3) is 11.8 Å². The van der Waals surface area contributed by atoms with Crippen molar-refractivity contribution in [3.63, 3.8) is 0 Å². The van der Waals surface area contributed by atoms with E-state index in [-0.39, 0.29) is 23.6 Å². The van der Waals surface area contributed by atoms with Crippen molar-refractivity contribution in [3.8, 4) is 11.5 Å². The van der Waals surface area contributed by atoms with E-state index < -0.39 is 23.7 Å². The third-order valence-corrected chi connectivity index (χ3v) is 3.95. The molecule has 2 aromatic rings. The molecule has 1 saturated heterocycles. The van der Waals surface area contributed by atoms with E-state index in [1.807, 2.05) is 0 Å². The number of phenolic OH excluding ortho intramolecular Hbond substituents is 1. The molecule has 2 N–H and O–H groups in total. The van der Waals surface area contributed by atoms with Gasteiger partial charge in [-0.3, -0.25) is 19.8 Å². The fourth-order valence-corrected chi connectivity index (χ4v) is 2.57. The Hall–Kier alpha value is -3.68. The smallest absolute Gasteiger partial charge is 0.331 e. The number of carbonyl (C=O) groups is 3. The summed E-state index contributed by atoms with van der Waals surface area (Å²) in [7, 11) is 1.39. The van der Waals surface area contributed by atoms with Crippen molar-refractivity contribution < 1.29 is 28.6 Å². The van der Waals surface area contributed by atoms with Crippen LogP contribution in [0.4, 0.5) is 9.18 Å². The number of halogens is 1. The zero-order chi connectivity index (χ0) is 19.6. The quantitative estimate of drug-likeness (QED) is 0.635. The number of hydrogen-bond donors (Lipinski definition) is 2. The summed E-state index contributed by atoms with van der Waals surface area (Å²) in [5.41, 5.74) is 0.639. The van der Waals surface area contributed by atoms with E-state index in [1.165, 1.54) is 49.6 Å². The molecule has 1 aliphatic heterocycles. The molecule has 1 fully saturated rings. The molecule has 1 heterocycles. The molecule has 3 rings (SSSR count). The average molecular weight is 370 g/mol. The molecule has 0 unspecified atom stereocenters. The Balaban J connectivity index is 1.89. The van der Waals surface area contributed by atoms with E-state index in [4.69, 9.17) is 4.74 Å². The molecule has 0 atom stereocenters. The molecule has 0 aliphatic carbocycles. The number of carbonyl (C=O) groups excluding carboxylic acids is 3. The Morgan fingerprint density at radius 3 is 2.48 bits per heavy atom. The van der Waals surface area contributed by atoms with E-state index in [9.17, 15) is 23.9 Å². The monoisotopic (exact) mass is 370 g/mol. The molecule has 0 bridgehead atoms. The zero-order valence-electron chi connectivity index (χ0n) is 14.2. The van der Waals surface area contributed by atoms with E-state index in [0.717, 1.165) is 4.90 Å². The molecule has 27 heavy (non-hydrogen) atoms. The van der Waals surface area contributed by atoms with Gasteiger partial charge in [-0.2, -0.15) is 0 Å². The highest BCUT2D eigenvalue weighted by molar-refractivity contribution is 6.30. The number of imide groups is 2. The largest absolute Gasteiger partial charge is 0.504 e. The second-order valence-electron chi connectivity index (χ2n) is 5.77. The molecule has 7 nitrogen and oxygen atoms in total. The van der Waals surface area contributed by atoms with Crippen molar-refractivity contribution in [1.29, 1.82) is 0 Å². The van der Waals surface area contributed by atoms with Crippen LogP contribution in [0.25, 0.3) is 6.08 Å². The number of nitrogens with one attached hydrogen (secondary N) is 1. The Morgan fingerprint density at radius 2 is 1.85 bits per heavy atom. The van der Waals surface area contributed by atoms with E-state index >= 15 is 0 Å². The molecule has 4 amide bonds. The average Bonchev–Trinajstić information content (AvgIpc) is 2.64. The third-order valence-electron chi connectivity index (χ3n) is 3.95. The van der Waals surface area contributed by atoms with Crippen LogP contribution in [0.15, 0.2) is 48.0 Å². The van der Waals surface area contributed by atoms with Crippen molar-refractivity contribution in [3.05, 3.63) is 65.0 Å². The van der Waals surface area contributed by atoms with Gasteiger partial charge >= 0.3 is 6.03 Å². The summed E-state index contributed by atoms with van der Waals surface area (Å²) in [4.78, 5) is 37.6. The lowest BCUT2D eigenvalue weighted by molar-refractivity contribution is -0.130. The van der Waals surface area contributed by atoms with Gasteiger partial charge in [0.05, 0.1) is 13.7 Å². The number of hydrogen-bond acceptors (Lipinski definition) is 5. The number of aromatic hydroxyl groups is 1. The summed E-state index contributed by atoms with van der Waals surface area (Å²) in [5.74, 6) is -1.98. The summed E-state index contributed by atoms with van der Waals surface area (Å²) in [6.45, 7) is -0.122. The van der Waals surface area contributed by atoms with Crippen LogP contribution in [0.1, 0.15) is 11.1 Å². The van der Waals surface area contributed by atoms with Crippen molar-refractivity contribution in [1.82, 2.24) is 10.2 Å². The highest BCUT2D eigenvalue weighted by Gasteiger charge is 2.35. The van der Waals surface area contributed by atoms with E-state index in [1.54, 1.807) is 6.07 Å². The molecule has 0 saturated carbocycles. The van der Waals surface area contributed by atoms with Crippen LogP contribution < -0.4 is 10.1 Å². The number of ether oxygens (including phenoxy) is 1. The molecular formula is C19H15FN2O5. The molecule has 2 aromatic carbocycles. The Bertz CT molecular complexity index is 953. The van der Waals surface area contributed by atoms with Gasteiger partial charge in [0, 0.05) is 0 Å². The summed E-state index contributed by atoms with van der Waals surface area (Å²) in [6, 6.07) is 8.81. The second-order valence-corrected chi connectivity index (χ2v) is 5.77. The van der Waals surface area contributed by atoms with Crippen LogP contribution in [0.5, 0.6) is 11.5 Å². The number of barbiturate groups is 1. The lowest BCUT2D eigenvalue weighted by atomic mass is 10.1. The Labute approximate surface area is 153 Å². The predicted octanol–water partition coefficient (Wildman–Crippen LogP) is 2.20. The van der Waals surface area contributed by atoms with Gasteiger partial charge in [-0.25, -0.2) is 9.18 Å². The minimum absolute atomic E-state index is 0.122. The highest BCUT2D eigenvalue weighted by Crippen LogP contribution is 2.27. The normalized spacial score (nSPS) is 15.9. The third kappa shape index (κ3) is 3.79. The van der Waals surface area contributed by atoms with Crippen molar-refractivity contribution in [2.75, 3.05) is 7.11 Å². The standard InChI is InChI=1S/C19H15FN2O5/c1-27-16-7-4-12(9-15(16)23)8-14-17(24)21-19(26)22(18(14)25)10-11-2-5-13(20)6-3-11/h2-9,23H,10H2,1H3,(H,21,24,26)/b14-8-. The molecule has 0 spiro atoms. The lowest BCUT2D eigenvalue weighted by Gasteiger charge is -2.26. The summed E-state index contributed by atoms with van der Waals surface area (Å²) < 4.78 is 18.0. The fraction of sp³-hybridized carbons (Fsp3) is 0.105. The SMILES string of the molecule is COc1ccc(/C=C2/C(=O)NC(=O)N(Cc3ccc(F)cc3)C2=O)cc1O. The van der Waals surface area contributed by atoms with Gasteiger partial charge in [-0.05, 0) is 41.5 Å². The van der Waals surface area contributed by atoms with Crippen LogP contribution in [0.3, 0.4) is 0 Å². The van der Waals surface area contributed by atoms with Crippen molar-refractivity contribution in [2.24, 2.45) is 0 Å². The Kier molecular flexibility index (Phi) is 4.89. The van der Waals surface area contributed by atoms with Gasteiger partial charge in [0.2, 0.25) is 0 Å². The minimum atomic E-state index is -0.857. The molecule has 8 heteroatoms. The van der Waals surface area contributed by atoms with Crippen LogP contribution in [0, 0.1) is 5.82 Å². The van der Waals surface area contributed by atoms with Crippen LogP contribution in [-0.4, -0.2) is 35.0 Å². The van der Waals surface area contributed by atoms with Crippen molar-refractivity contribution in [2.45, 2.75) is 6.54 Å². The predicted molar refractivity (Wildman–Crippen MR) is 93.1 cm³/mol. The van der Waals surface area contributed by atoms with E-state index in [2.05, 4.69) is 5.32 Å². The first-order valence-corrected chi connectivity index (χ1v) is 7.89. The minimum Gasteiger partial charge on any atom is -0.504 e. The number of amides is 4. The van der Waals surface area contributed by atoms with E-state index in [0.29, 0.717) is 11.1 Å². The van der Waals surface area contributed by atoms with Crippen LogP contribution in [-0.2, 0) is 16.1 Å². The van der Waals surface area contributed by atoms with Gasteiger partial charge < -0.3 is 9.84 Å². The van der Waals surface area contributed by atoms with Gasteiger partial charge in [0.15, 0.2) is 11.5 Å². The first-order valence-electron chi connectivity index (χ1n) is 7.89. The summed E-state index contributed by atoms with van der Waals surface area (Å²) in [6.07, 6.45) is 1.26. The highest BCUT2D eigenvalue weighted by atomic mass is 19.1. The number of benzene rings is 2. The van der Waals surface area contributed by atoms with Gasteiger partial charge in [-0.1, -0.05) is 18.2 Å². The molecule has 1 aliphatic rings. The maximum absolute atomic E-state index is 13.0. The number of nitrogens with zero attached hydrogens (tertiary/aromatic N) is 1. The van der Waals surface area contributed by atoms with Crippen LogP contribution >= 0.6 is 0 Å². The lowest BCUT2D eigenvalue weighted by Crippen LogP contribution is -2.53. The number of urea groups is 1. The molecule has 0 radical (unpaired) electrons. The van der Waals surface area contributed by atoms with Gasteiger partial charge in [-0.15, -0.1) is 0 Å². The Morgan fingerprint density at radius 1 is 1.15 bits per heavy atom. The number of phenols is 1. The number of methoxy groups -OCH3 is 1.